The predicted octanol–water partition coefficient (Wildman–Crippen LogP) is 1.66. The lowest BCUT2D eigenvalue weighted by Crippen LogP contribution is -2.46. The Labute approximate surface area is 164 Å². The summed E-state index contributed by atoms with van der Waals surface area (Å²) >= 11 is 0. The summed E-state index contributed by atoms with van der Waals surface area (Å²) in [5.74, 6) is 2.36. The number of guanidine groups is 1. The molecule has 0 radical (unpaired) electrons. The number of amides is 1. The van der Waals surface area contributed by atoms with Crippen molar-refractivity contribution in [3.8, 4) is 11.5 Å². The van der Waals surface area contributed by atoms with Crippen LogP contribution in [0.2, 0.25) is 0 Å². The Morgan fingerprint density at radius 3 is 2.54 bits per heavy atom. The van der Waals surface area contributed by atoms with Gasteiger partial charge in [0.1, 0.15) is 0 Å². The molecule has 3 rings (SSSR count). The fourth-order valence-electron chi connectivity index (χ4n) is 3.24. The number of methoxy groups -OCH3 is 2. The van der Waals surface area contributed by atoms with E-state index in [-0.39, 0.29) is 5.91 Å². The molecule has 150 valence electrons. The molecule has 0 fully saturated rings. The molecule has 0 unspecified atom stereocenters. The van der Waals surface area contributed by atoms with E-state index in [9.17, 15) is 4.79 Å². The molecule has 1 amide bonds. The number of rotatable bonds is 6. The van der Waals surface area contributed by atoms with Gasteiger partial charge in [-0.05, 0) is 41.8 Å². The van der Waals surface area contributed by atoms with E-state index < -0.39 is 0 Å². The summed E-state index contributed by atoms with van der Waals surface area (Å²) in [6, 6.07) is 7.40. The van der Waals surface area contributed by atoms with E-state index in [1.807, 2.05) is 12.1 Å². The first-order valence-electron chi connectivity index (χ1n) is 9.17. The second-order valence-corrected chi connectivity index (χ2v) is 6.35. The minimum absolute atomic E-state index is 0.227. The Hall–Kier alpha value is -3.16. The smallest absolute Gasteiger partial charge is 0.287 e. The Morgan fingerprint density at radius 2 is 1.89 bits per heavy atom. The van der Waals surface area contributed by atoms with Crippen LogP contribution in [0.1, 0.15) is 21.7 Å². The quantitative estimate of drug-likeness (QED) is 0.446. The first-order valence-corrected chi connectivity index (χ1v) is 9.17. The highest BCUT2D eigenvalue weighted by molar-refractivity contribution is 5.91. The monoisotopic (exact) mass is 386 g/mol. The number of nitrogens with zero attached hydrogens (tertiary/aromatic N) is 2. The summed E-state index contributed by atoms with van der Waals surface area (Å²) in [5.41, 5.74) is 2.45. The van der Waals surface area contributed by atoms with Crippen LogP contribution < -0.4 is 20.1 Å². The zero-order valence-electron chi connectivity index (χ0n) is 16.4. The maximum atomic E-state index is 11.9. The zero-order valence-corrected chi connectivity index (χ0v) is 16.4. The molecule has 28 heavy (non-hydrogen) atoms. The predicted molar refractivity (Wildman–Crippen MR) is 106 cm³/mol. The number of furan rings is 1. The van der Waals surface area contributed by atoms with Crippen LogP contribution in [0.4, 0.5) is 0 Å². The summed E-state index contributed by atoms with van der Waals surface area (Å²) < 4.78 is 15.9. The number of carbonyl (C=O) groups excluding carboxylic acids is 1. The maximum absolute atomic E-state index is 11.9. The van der Waals surface area contributed by atoms with E-state index in [4.69, 9.17) is 13.9 Å². The third-order valence-electron chi connectivity index (χ3n) is 4.67. The number of fused-ring (bicyclic) bond motifs is 1. The molecular weight excluding hydrogens is 360 g/mol. The molecule has 0 saturated carbocycles. The van der Waals surface area contributed by atoms with Crippen LogP contribution in [-0.2, 0) is 13.0 Å². The van der Waals surface area contributed by atoms with Gasteiger partial charge in [0.05, 0.1) is 20.5 Å². The summed E-state index contributed by atoms with van der Waals surface area (Å²) in [6.07, 6.45) is 2.37. The van der Waals surface area contributed by atoms with Crippen LogP contribution in [0.15, 0.2) is 39.9 Å². The molecule has 0 spiro atoms. The van der Waals surface area contributed by atoms with Crippen molar-refractivity contribution in [1.29, 1.82) is 0 Å². The van der Waals surface area contributed by atoms with Crippen LogP contribution in [0.3, 0.4) is 0 Å². The molecular formula is C20H26N4O4. The SMILES string of the molecule is CN=C(NCCNC(=O)c1ccco1)N1CCc2cc(OC)c(OC)cc2C1. The molecule has 2 heterocycles. The average Bonchev–Trinajstić information content (AvgIpc) is 3.27. The molecule has 1 aliphatic heterocycles. The van der Waals surface area contributed by atoms with Gasteiger partial charge >= 0.3 is 0 Å². The lowest BCUT2D eigenvalue weighted by molar-refractivity contribution is 0.0926. The van der Waals surface area contributed by atoms with Crippen molar-refractivity contribution in [2.75, 3.05) is 40.9 Å². The Balaban J connectivity index is 1.55. The highest BCUT2D eigenvalue weighted by Crippen LogP contribution is 2.33. The van der Waals surface area contributed by atoms with Crippen LogP contribution in [0.25, 0.3) is 0 Å². The molecule has 8 heteroatoms. The topological polar surface area (TPSA) is 88.3 Å². The van der Waals surface area contributed by atoms with E-state index >= 15 is 0 Å². The number of aliphatic imine (C=N–C) groups is 1. The van der Waals surface area contributed by atoms with Gasteiger partial charge in [0, 0.05) is 33.2 Å². The average molecular weight is 386 g/mol. The molecule has 1 aliphatic rings. The van der Waals surface area contributed by atoms with E-state index in [0.717, 1.165) is 37.0 Å². The van der Waals surface area contributed by atoms with Crippen molar-refractivity contribution < 1.29 is 18.7 Å². The molecule has 8 nitrogen and oxygen atoms in total. The second kappa shape index (κ2) is 9.16. The molecule has 1 aromatic heterocycles. The van der Waals surface area contributed by atoms with E-state index in [2.05, 4.69) is 20.5 Å². The van der Waals surface area contributed by atoms with Gasteiger partial charge in [-0.3, -0.25) is 9.79 Å². The van der Waals surface area contributed by atoms with Gasteiger partial charge in [0.15, 0.2) is 23.2 Å². The number of benzene rings is 1. The van der Waals surface area contributed by atoms with Gasteiger partial charge in [0.25, 0.3) is 5.91 Å². The Bertz CT molecular complexity index is 833. The standard InChI is InChI=1S/C20H26N4O4/c1-21-20(23-8-7-22-19(25)16-5-4-10-28-16)24-9-6-14-11-17(26-2)18(27-3)12-15(14)13-24/h4-5,10-12H,6-9,13H2,1-3H3,(H,21,23)(H,22,25). The first kappa shape index (κ1) is 19.6. The largest absolute Gasteiger partial charge is 0.493 e. The number of hydrogen-bond acceptors (Lipinski definition) is 5. The highest BCUT2D eigenvalue weighted by Gasteiger charge is 2.21. The molecule has 1 aromatic carbocycles. The van der Waals surface area contributed by atoms with Gasteiger partial charge in [0.2, 0.25) is 0 Å². The fraction of sp³-hybridized carbons (Fsp3) is 0.400. The number of hydrogen-bond donors (Lipinski definition) is 2. The summed E-state index contributed by atoms with van der Waals surface area (Å²) in [6.45, 7) is 2.61. The van der Waals surface area contributed by atoms with Gasteiger partial charge in [-0.15, -0.1) is 0 Å². The summed E-state index contributed by atoms with van der Waals surface area (Å²) in [4.78, 5) is 18.4. The van der Waals surface area contributed by atoms with Gasteiger partial charge in [-0.2, -0.15) is 0 Å². The summed E-state index contributed by atoms with van der Waals surface area (Å²) in [7, 11) is 5.05. The molecule has 2 aromatic rings. The number of ether oxygens (including phenoxy) is 2. The maximum Gasteiger partial charge on any atom is 0.287 e. The summed E-state index contributed by atoms with van der Waals surface area (Å²) in [5, 5.41) is 6.11. The van der Waals surface area contributed by atoms with Crippen LogP contribution in [0, 0.1) is 0 Å². The normalized spacial score (nSPS) is 13.7. The lowest BCUT2D eigenvalue weighted by atomic mass is 9.99. The Morgan fingerprint density at radius 1 is 1.18 bits per heavy atom. The fourth-order valence-corrected chi connectivity index (χ4v) is 3.24. The number of carbonyl (C=O) groups is 1. The van der Waals surface area contributed by atoms with Crippen molar-refractivity contribution in [3.63, 3.8) is 0 Å². The van der Waals surface area contributed by atoms with Gasteiger partial charge in [-0.25, -0.2) is 0 Å². The van der Waals surface area contributed by atoms with E-state index in [1.165, 1.54) is 17.4 Å². The molecule has 0 saturated heterocycles. The molecule has 0 aliphatic carbocycles. The zero-order chi connectivity index (χ0) is 19.9. The highest BCUT2D eigenvalue weighted by atomic mass is 16.5. The third kappa shape index (κ3) is 4.39. The lowest BCUT2D eigenvalue weighted by Gasteiger charge is -2.32. The molecule has 2 N–H and O–H groups in total. The van der Waals surface area contributed by atoms with Crippen molar-refractivity contribution >= 4 is 11.9 Å². The van der Waals surface area contributed by atoms with Crippen LogP contribution in [-0.4, -0.2) is 57.7 Å². The van der Waals surface area contributed by atoms with Crippen LogP contribution >= 0.6 is 0 Å². The van der Waals surface area contributed by atoms with Crippen LogP contribution in [0.5, 0.6) is 11.5 Å². The van der Waals surface area contributed by atoms with Crippen molar-refractivity contribution in [3.05, 3.63) is 47.4 Å². The minimum atomic E-state index is -0.227. The third-order valence-corrected chi connectivity index (χ3v) is 4.67. The Kier molecular flexibility index (Phi) is 6.41. The van der Waals surface area contributed by atoms with Gasteiger partial charge < -0.3 is 29.4 Å². The number of nitrogens with one attached hydrogen (secondary N) is 2. The van der Waals surface area contributed by atoms with E-state index in [1.54, 1.807) is 33.4 Å². The first-order chi connectivity index (χ1) is 13.7. The second-order valence-electron chi connectivity index (χ2n) is 6.35. The molecule has 0 atom stereocenters. The molecule has 0 bridgehead atoms. The van der Waals surface area contributed by atoms with E-state index in [0.29, 0.717) is 18.8 Å². The van der Waals surface area contributed by atoms with Gasteiger partial charge in [-0.1, -0.05) is 0 Å². The van der Waals surface area contributed by atoms with Crippen molar-refractivity contribution in [1.82, 2.24) is 15.5 Å². The van der Waals surface area contributed by atoms with Crippen molar-refractivity contribution in [2.24, 2.45) is 4.99 Å². The minimum Gasteiger partial charge on any atom is -0.493 e. The van der Waals surface area contributed by atoms with Crippen molar-refractivity contribution in [2.45, 2.75) is 13.0 Å².